The fourth-order valence-electron chi connectivity index (χ4n) is 3.30. The van der Waals surface area contributed by atoms with Crippen molar-refractivity contribution in [1.29, 1.82) is 0 Å². The summed E-state index contributed by atoms with van der Waals surface area (Å²) in [5.41, 5.74) is 10.9. The average molecular weight is 510 g/mol. The van der Waals surface area contributed by atoms with Crippen LogP contribution in [0.2, 0.25) is 15.1 Å². The van der Waals surface area contributed by atoms with Gasteiger partial charge in [-0.1, -0.05) is 60.9 Å². The largest absolute Gasteiger partial charge is 0.396 e. The molecule has 0 atom stereocenters. The molecule has 0 aliphatic heterocycles. The third-order valence-corrected chi connectivity index (χ3v) is 5.58. The SMILES string of the molecule is CC.CNCCc1cc(Nc2ccc(Cl)cc2)cc2c1[nH]c1cc(Cl)c(Cl)cc12.NC=S. The molecule has 170 valence electrons. The maximum absolute atomic E-state index is 6.27. The zero-order chi connectivity index (χ0) is 23.7. The van der Waals surface area contributed by atoms with Gasteiger partial charge in [-0.05, 0) is 74.1 Å². The van der Waals surface area contributed by atoms with E-state index in [0.29, 0.717) is 15.1 Å². The Morgan fingerprint density at radius 2 is 1.56 bits per heavy atom. The van der Waals surface area contributed by atoms with Gasteiger partial charge < -0.3 is 21.4 Å². The lowest BCUT2D eigenvalue weighted by atomic mass is 10.0. The fraction of sp³-hybridized carbons (Fsp3) is 0.208. The van der Waals surface area contributed by atoms with Gasteiger partial charge in [-0.2, -0.15) is 0 Å². The Morgan fingerprint density at radius 3 is 2.19 bits per heavy atom. The Morgan fingerprint density at radius 1 is 0.938 bits per heavy atom. The maximum Gasteiger partial charge on any atom is 0.0613 e. The number of likely N-dealkylation sites (N-methyl/N-ethyl adjacent to an activating group) is 1. The highest BCUT2D eigenvalue weighted by molar-refractivity contribution is 7.78. The van der Waals surface area contributed by atoms with Crippen LogP contribution in [0.25, 0.3) is 21.8 Å². The summed E-state index contributed by atoms with van der Waals surface area (Å²) >= 11 is 22.5. The number of nitrogens with two attached hydrogens (primary N) is 1. The average Bonchev–Trinajstić information content (AvgIpc) is 3.13. The molecule has 1 aromatic heterocycles. The first-order chi connectivity index (χ1) is 15.5. The molecule has 0 spiro atoms. The van der Waals surface area contributed by atoms with Gasteiger partial charge in [-0.25, -0.2) is 0 Å². The molecular weight excluding hydrogens is 483 g/mol. The van der Waals surface area contributed by atoms with Crippen LogP contribution in [0.4, 0.5) is 11.4 Å². The van der Waals surface area contributed by atoms with Gasteiger partial charge in [0.25, 0.3) is 0 Å². The molecule has 0 bridgehead atoms. The van der Waals surface area contributed by atoms with Crippen LogP contribution in [0.3, 0.4) is 0 Å². The lowest BCUT2D eigenvalue weighted by molar-refractivity contribution is 0.794. The number of nitrogens with one attached hydrogen (secondary N) is 3. The molecule has 0 aliphatic carbocycles. The predicted molar refractivity (Wildman–Crippen MR) is 147 cm³/mol. The van der Waals surface area contributed by atoms with Crippen LogP contribution in [-0.2, 0) is 6.42 Å². The second-order valence-electron chi connectivity index (χ2n) is 6.62. The van der Waals surface area contributed by atoms with Crippen molar-refractivity contribution in [1.82, 2.24) is 10.3 Å². The molecule has 1 heterocycles. The Bertz CT molecular complexity index is 1170. The Hall–Kier alpha value is -2.02. The van der Waals surface area contributed by atoms with Crippen molar-refractivity contribution in [2.45, 2.75) is 20.3 Å². The molecule has 5 N–H and O–H groups in total. The summed E-state index contributed by atoms with van der Waals surface area (Å²) in [6.45, 7) is 4.89. The minimum Gasteiger partial charge on any atom is -0.396 e. The third-order valence-electron chi connectivity index (χ3n) is 4.61. The first-order valence-electron chi connectivity index (χ1n) is 10.2. The number of aromatic nitrogens is 1. The molecule has 0 aliphatic rings. The lowest BCUT2D eigenvalue weighted by Gasteiger charge is -2.11. The number of benzene rings is 3. The van der Waals surface area contributed by atoms with Gasteiger partial charge >= 0.3 is 0 Å². The first-order valence-corrected chi connectivity index (χ1v) is 11.8. The Kier molecular flexibility index (Phi) is 10.6. The van der Waals surface area contributed by atoms with Gasteiger partial charge in [0, 0.05) is 38.2 Å². The highest BCUT2D eigenvalue weighted by atomic mass is 35.5. The molecule has 4 nitrogen and oxygen atoms in total. The van der Waals surface area contributed by atoms with Crippen LogP contribution in [0.5, 0.6) is 0 Å². The second kappa shape index (κ2) is 12.9. The molecule has 0 unspecified atom stereocenters. The number of anilines is 2. The highest BCUT2D eigenvalue weighted by Crippen LogP contribution is 2.36. The van der Waals surface area contributed by atoms with Crippen molar-refractivity contribution in [3.63, 3.8) is 0 Å². The fourth-order valence-corrected chi connectivity index (χ4v) is 3.75. The standard InChI is InChI=1S/C21H18Cl3N3.C2H6.CH3NS/c1-25-7-6-12-8-15(26-14-4-2-13(22)3-5-14)9-17-16-10-18(23)19(24)11-20(16)27-21(12)17;1-2;2-1-3/h2-5,8-11,25-27H,6-7H2,1H3;1-2H3;1H,(H2,2,3). The summed E-state index contributed by atoms with van der Waals surface area (Å²) in [4.78, 5) is 3.51. The zero-order valence-corrected chi connectivity index (χ0v) is 21.3. The molecule has 0 saturated carbocycles. The van der Waals surface area contributed by atoms with E-state index in [9.17, 15) is 0 Å². The van der Waals surface area contributed by atoms with Gasteiger partial charge in [0.05, 0.1) is 15.5 Å². The number of aromatic amines is 1. The number of H-pyrrole nitrogens is 1. The van der Waals surface area contributed by atoms with Gasteiger partial charge in [-0.15, -0.1) is 0 Å². The number of fused-ring (bicyclic) bond motifs is 3. The Balaban J connectivity index is 0.000000671. The summed E-state index contributed by atoms with van der Waals surface area (Å²) in [7, 11) is 1.96. The van der Waals surface area contributed by atoms with Gasteiger partial charge in [0.15, 0.2) is 0 Å². The minimum absolute atomic E-state index is 0.548. The number of thiocarbonyl (C=S) groups is 1. The van der Waals surface area contributed by atoms with Crippen molar-refractivity contribution in [2.24, 2.45) is 5.73 Å². The van der Waals surface area contributed by atoms with Crippen LogP contribution in [-0.4, -0.2) is 24.1 Å². The molecule has 3 aromatic carbocycles. The predicted octanol–water partition coefficient (Wildman–Crippen LogP) is 7.72. The lowest BCUT2D eigenvalue weighted by Crippen LogP contribution is -2.10. The number of hydrogen-bond donors (Lipinski definition) is 4. The molecule has 0 amide bonds. The van der Waals surface area contributed by atoms with Gasteiger partial charge in [0.2, 0.25) is 0 Å². The second-order valence-corrected chi connectivity index (χ2v) is 8.14. The zero-order valence-electron chi connectivity index (χ0n) is 18.2. The van der Waals surface area contributed by atoms with E-state index in [1.807, 2.05) is 57.3 Å². The molecule has 4 aromatic rings. The van der Waals surface area contributed by atoms with Crippen molar-refractivity contribution < 1.29 is 0 Å². The monoisotopic (exact) mass is 508 g/mol. The van der Waals surface area contributed by atoms with Crippen LogP contribution in [0.15, 0.2) is 48.5 Å². The van der Waals surface area contributed by atoms with E-state index in [1.165, 1.54) is 5.56 Å². The van der Waals surface area contributed by atoms with Crippen molar-refractivity contribution in [2.75, 3.05) is 18.9 Å². The van der Waals surface area contributed by atoms with E-state index < -0.39 is 0 Å². The summed E-state index contributed by atoms with van der Waals surface area (Å²) in [6, 6.07) is 15.8. The molecular formula is C24H27Cl3N4S. The first kappa shape index (κ1) is 26.2. The minimum atomic E-state index is 0.548. The summed E-state index contributed by atoms with van der Waals surface area (Å²) in [5.74, 6) is 0. The van der Waals surface area contributed by atoms with E-state index in [-0.39, 0.29) is 0 Å². The maximum atomic E-state index is 6.27. The topological polar surface area (TPSA) is 65.9 Å². The number of rotatable bonds is 5. The van der Waals surface area contributed by atoms with E-state index in [0.717, 1.165) is 51.6 Å². The highest BCUT2D eigenvalue weighted by Gasteiger charge is 2.13. The van der Waals surface area contributed by atoms with E-state index in [1.54, 1.807) is 0 Å². The molecule has 8 heteroatoms. The van der Waals surface area contributed by atoms with Crippen molar-refractivity contribution in [3.8, 4) is 0 Å². The smallest absolute Gasteiger partial charge is 0.0613 e. The molecule has 0 fully saturated rings. The van der Waals surface area contributed by atoms with Crippen molar-refractivity contribution in [3.05, 3.63) is 69.2 Å². The van der Waals surface area contributed by atoms with E-state index >= 15 is 0 Å². The van der Waals surface area contributed by atoms with Crippen LogP contribution in [0.1, 0.15) is 19.4 Å². The van der Waals surface area contributed by atoms with Crippen LogP contribution < -0.4 is 16.4 Å². The quantitative estimate of drug-likeness (QED) is 0.208. The summed E-state index contributed by atoms with van der Waals surface area (Å²) in [5, 5.41) is 10.7. The summed E-state index contributed by atoms with van der Waals surface area (Å²) in [6.07, 6.45) is 0.900. The molecule has 0 saturated heterocycles. The third kappa shape index (κ3) is 6.50. The van der Waals surface area contributed by atoms with Gasteiger partial charge in [-0.3, -0.25) is 0 Å². The van der Waals surface area contributed by atoms with Gasteiger partial charge in [0.1, 0.15) is 0 Å². The summed E-state index contributed by atoms with van der Waals surface area (Å²) < 4.78 is 0. The van der Waals surface area contributed by atoms with Crippen LogP contribution in [0, 0.1) is 0 Å². The normalized spacial score (nSPS) is 10.2. The van der Waals surface area contributed by atoms with E-state index in [2.05, 4.69) is 45.7 Å². The Labute approximate surface area is 209 Å². The number of halogens is 3. The molecule has 4 rings (SSSR count). The number of hydrogen-bond acceptors (Lipinski definition) is 3. The molecule has 0 radical (unpaired) electrons. The molecule has 32 heavy (non-hydrogen) atoms. The van der Waals surface area contributed by atoms with Crippen molar-refractivity contribution >= 4 is 85.7 Å². The van der Waals surface area contributed by atoms with E-state index in [4.69, 9.17) is 34.8 Å². The van der Waals surface area contributed by atoms with Crippen LogP contribution >= 0.6 is 47.0 Å².